The van der Waals surface area contributed by atoms with Gasteiger partial charge < -0.3 is 19.9 Å². The van der Waals surface area contributed by atoms with Crippen LogP contribution < -0.4 is 5.32 Å². The van der Waals surface area contributed by atoms with Crippen molar-refractivity contribution in [1.82, 2.24) is 10.2 Å². The molecule has 29 heavy (non-hydrogen) atoms. The predicted molar refractivity (Wildman–Crippen MR) is 102 cm³/mol. The maximum atomic E-state index is 12.4. The molecule has 0 spiro atoms. The number of aliphatic carboxylic acids is 1. The summed E-state index contributed by atoms with van der Waals surface area (Å²) in [6, 6.07) is 7.90. The second-order valence-corrected chi connectivity index (χ2v) is 7.21. The molecule has 1 heterocycles. The number of alkyl carbamates (subject to hydrolysis) is 1. The van der Waals surface area contributed by atoms with Crippen molar-refractivity contribution in [2.75, 3.05) is 7.11 Å². The number of amides is 3. The number of nitrogens with zero attached hydrogens (tertiary/aromatic N) is 1. The number of rotatable bonds is 6. The Morgan fingerprint density at radius 1 is 1.28 bits per heavy atom. The van der Waals surface area contributed by atoms with Crippen molar-refractivity contribution in [2.45, 2.75) is 44.9 Å². The Morgan fingerprint density at radius 3 is 2.52 bits per heavy atom. The number of imide groups is 1. The summed E-state index contributed by atoms with van der Waals surface area (Å²) in [6.45, 7) is 3.59. The number of hydrogen-bond acceptors (Lipinski definition) is 6. The first kappa shape index (κ1) is 21.9. The van der Waals surface area contributed by atoms with Gasteiger partial charge in [0.15, 0.2) is 0 Å². The highest BCUT2D eigenvalue weighted by atomic mass is 16.6. The lowest BCUT2D eigenvalue weighted by Crippen LogP contribution is -2.43. The van der Waals surface area contributed by atoms with Gasteiger partial charge in [-0.05, 0) is 25.8 Å². The van der Waals surface area contributed by atoms with E-state index < -0.39 is 35.6 Å². The maximum absolute atomic E-state index is 12.4. The highest BCUT2D eigenvalue weighted by Crippen LogP contribution is 2.27. The quantitative estimate of drug-likeness (QED) is 0.698. The van der Waals surface area contributed by atoms with Crippen LogP contribution in [0.25, 0.3) is 0 Å². The van der Waals surface area contributed by atoms with Gasteiger partial charge in [0, 0.05) is 17.5 Å². The molecule has 1 aromatic carbocycles. The number of benzene rings is 1. The van der Waals surface area contributed by atoms with Gasteiger partial charge in [-0.25, -0.2) is 19.3 Å². The fraction of sp³-hybridized carbons (Fsp3) is 0.400. The number of carboxylic acid groups (broad SMARTS) is 1. The van der Waals surface area contributed by atoms with Gasteiger partial charge >= 0.3 is 18.2 Å². The molecule has 9 nitrogen and oxygen atoms in total. The van der Waals surface area contributed by atoms with Crippen LogP contribution >= 0.6 is 0 Å². The Bertz CT molecular complexity index is 817. The monoisotopic (exact) mass is 404 g/mol. The van der Waals surface area contributed by atoms with Gasteiger partial charge in [0.2, 0.25) is 0 Å². The number of hydrogen-bond donors (Lipinski definition) is 2. The van der Waals surface area contributed by atoms with E-state index in [9.17, 15) is 24.3 Å². The van der Waals surface area contributed by atoms with Gasteiger partial charge in [-0.1, -0.05) is 36.4 Å². The molecule has 1 aliphatic heterocycles. The van der Waals surface area contributed by atoms with Crippen molar-refractivity contribution in [1.29, 1.82) is 0 Å². The molecule has 156 valence electrons. The Hall–Kier alpha value is -3.36. The van der Waals surface area contributed by atoms with Crippen molar-refractivity contribution in [2.24, 2.45) is 0 Å². The van der Waals surface area contributed by atoms with Gasteiger partial charge in [0.1, 0.15) is 12.6 Å². The molecular formula is C20H24N2O7. The van der Waals surface area contributed by atoms with E-state index in [2.05, 4.69) is 10.1 Å². The van der Waals surface area contributed by atoms with Crippen molar-refractivity contribution in [3.05, 3.63) is 47.5 Å². The normalized spacial score (nSPS) is 17.9. The fourth-order valence-electron chi connectivity index (χ4n) is 2.82. The lowest BCUT2D eigenvalue weighted by molar-refractivity contribution is -0.144. The Kier molecular flexibility index (Phi) is 6.98. The van der Waals surface area contributed by atoms with Crippen LogP contribution in [0.2, 0.25) is 0 Å². The smallest absolute Gasteiger partial charge is 0.417 e. The number of ether oxygens (including phenoxy) is 2. The average Bonchev–Trinajstić information content (AvgIpc) is 3.01. The van der Waals surface area contributed by atoms with Crippen LogP contribution in [0.1, 0.15) is 32.3 Å². The van der Waals surface area contributed by atoms with Crippen molar-refractivity contribution < 1.29 is 33.8 Å². The lowest BCUT2D eigenvalue weighted by Gasteiger charge is -2.24. The zero-order chi connectivity index (χ0) is 21.6. The van der Waals surface area contributed by atoms with Crippen LogP contribution in [-0.2, 0) is 25.7 Å². The molecule has 0 radical (unpaired) electrons. The molecule has 0 unspecified atom stereocenters. The summed E-state index contributed by atoms with van der Waals surface area (Å²) in [6.07, 6.45) is -0.00548. The van der Waals surface area contributed by atoms with Crippen molar-refractivity contribution in [3.8, 4) is 0 Å². The molecule has 2 rings (SSSR count). The van der Waals surface area contributed by atoms with Crippen LogP contribution in [0.3, 0.4) is 0 Å². The molecule has 9 heteroatoms. The third kappa shape index (κ3) is 5.81. The number of likely N-dealkylation sites (tertiary alicyclic amines) is 1. The fourth-order valence-corrected chi connectivity index (χ4v) is 2.82. The number of carboxylic acids is 1. The van der Waals surface area contributed by atoms with E-state index in [0.717, 1.165) is 12.7 Å². The summed E-state index contributed by atoms with van der Waals surface area (Å²) in [5.74, 6) is -2.01. The van der Waals surface area contributed by atoms with Gasteiger partial charge in [-0.2, -0.15) is 0 Å². The molecule has 3 amide bonds. The molecule has 1 atom stereocenters. The molecule has 1 aromatic rings. The van der Waals surface area contributed by atoms with Gasteiger partial charge in [-0.3, -0.25) is 4.79 Å². The zero-order valence-corrected chi connectivity index (χ0v) is 16.5. The number of nitrogens with one attached hydrogen (secondary N) is 1. The van der Waals surface area contributed by atoms with Crippen LogP contribution in [0.15, 0.2) is 42.0 Å². The molecule has 0 aromatic heterocycles. The summed E-state index contributed by atoms with van der Waals surface area (Å²) in [7, 11) is 1.07. The minimum Gasteiger partial charge on any atom is -0.480 e. The summed E-state index contributed by atoms with van der Waals surface area (Å²) >= 11 is 0. The van der Waals surface area contributed by atoms with E-state index in [0.29, 0.717) is 4.90 Å². The maximum Gasteiger partial charge on any atom is 0.417 e. The third-order valence-electron chi connectivity index (χ3n) is 4.39. The SMILES string of the molecule is COC(=O)N1C(=O)/C(=C/CC(C)(C)NC(=O)OCc2ccccc2)C[C@H]1C(=O)O. The second kappa shape index (κ2) is 9.22. The van der Waals surface area contributed by atoms with E-state index in [-0.39, 0.29) is 25.0 Å². The first-order valence-corrected chi connectivity index (χ1v) is 8.97. The molecule has 2 N–H and O–H groups in total. The van der Waals surface area contributed by atoms with Gasteiger partial charge in [0.05, 0.1) is 7.11 Å². The summed E-state index contributed by atoms with van der Waals surface area (Å²) in [4.78, 5) is 48.1. The number of methoxy groups -OCH3 is 1. The molecule has 0 saturated carbocycles. The Balaban J connectivity index is 1.97. The average molecular weight is 404 g/mol. The highest BCUT2D eigenvalue weighted by Gasteiger charge is 2.44. The lowest BCUT2D eigenvalue weighted by atomic mass is 9.98. The standard InChI is InChI=1S/C20H24N2O7/c1-20(2,21-18(26)29-12-13-7-5-4-6-8-13)10-9-14-11-15(17(24)25)22(16(14)23)19(27)28-3/h4-9,15H,10-12H2,1-3H3,(H,21,26)(H,24,25)/b14-9+/t15-/m0/s1. The van der Waals surface area contributed by atoms with Gasteiger partial charge in [-0.15, -0.1) is 0 Å². The summed E-state index contributed by atoms with van der Waals surface area (Å²) in [5, 5.41) is 12.0. The first-order chi connectivity index (χ1) is 13.6. The third-order valence-corrected chi connectivity index (χ3v) is 4.39. The van der Waals surface area contributed by atoms with E-state index in [4.69, 9.17) is 4.74 Å². The zero-order valence-electron chi connectivity index (χ0n) is 16.5. The van der Waals surface area contributed by atoms with Crippen LogP contribution in [0.5, 0.6) is 0 Å². The molecule has 1 aliphatic rings. The van der Waals surface area contributed by atoms with Crippen LogP contribution in [-0.4, -0.2) is 52.8 Å². The largest absolute Gasteiger partial charge is 0.480 e. The topological polar surface area (TPSA) is 122 Å². The van der Waals surface area contributed by atoms with E-state index >= 15 is 0 Å². The molecule has 1 fully saturated rings. The minimum absolute atomic E-state index is 0.122. The van der Waals surface area contributed by atoms with Crippen LogP contribution in [0, 0.1) is 0 Å². The Labute approximate surface area is 168 Å². The van der Waals surface area contributed by atoms with E-state index in [1.807, 2.05) is 30.3 Å². The van der Waals surface area contributed by atoms with E-state index in [1.165, 1.54) is 6.08 Å². The summed E-state index contributed by atoms with van der Waals surface area (Å²) < 4.78 is 9.68. The molecule has 1 saturated heterocycles. The predicted octanol–water partition coefficient (Wildman–Crippen LogP) is 2.46. The Morgan fingerprint density at radius 2 is 1.93 bits per heavy atom. The van der Waals surface area contributed by atoms with E-state index in [1.54, 1.807) is 13.8 Å². The molecule has 0 bridgehead atoms. The van der Waals surface area contributed by atoms with Crippen LogP contribution in [0.4, 0.5) is 9.59 Å². The number of carbonyl (C=O) groups excluding carboxylic acids is 3. The number of carbonyl (C=O) groups is 4. The molecule has 0 aliphatic carbocycles. The first-order valence-electron chi connectivity index (χ1n) is 8.97. The molecular weight excluding hydrogens is 380 g/mol. The summed E-state index contributed by atoms with van der Waals surface area (Å²) in [5.41, 5.74) is 0.260. The minimum atomic E-state index is -1.31. The van der Waals surface area contributed by atoms with Crippen molar-refractivity contribution >= 4 is 24.1 Å². The highest BCUT2D eigenvalue weighted by molar-refractivity contribution is 6.08. The second-order valence-electron chi connectivity index (χ2n) is 7.21. The van der Waals surface area contributed by atoms with Crippen molar-refractivity contribution in [3.63, 3.8) is 0 Å². The van der Waals surface area contributed by atoms with Gasteiger partial charge in [0.25, 0.3) is 5.91 Å².